The van der Waals surface area contributed by atoms with Gasteiger partial charge in [0.15, 0.2) is 0 Å². The van der Waals surface area contributed by atoms with Crippen LogP contribution in [0.3, 0.4) is 0 Å². The fraction of sp³-hybridized carbons (Fsp3) is 0.154. The van der Waals surface area contributed by atoms with Crippen LogP contribution in [0.1, 0.15) is 40.4 Å². The van der Waals surface area contributed by atoms with Crippen LogP contribution in [0.2, 0.25) is 0 Å². The van der Waals surface area contributed by atoms with Crippen molar-refractivity contribution < 1.29 is 21.7 Å². The Morgan fingerprint density at radius 3 is 1.22 bits per heavy atom. The van der Waals surface area contributed by atoms with Gasteiger partial charge in [0, 0.05) is 16.1 Å². The zero-order valence-corrected chi connectivity index (χ0v) is 30.8. The minimum atomic E-state index is -0.804. The number of halogens is 1. The SMILES string of the molecule is C[C]1[C](C)[C-](C)C(C)=C1C.[Cl][Ru+].c1ccc(P(c2ccccc2)N(Cc2ccco2)P(c2ccccc2)c2ccccc2)cc1. The average molecular weight is 737 g/mol. The summed E-state index contributed by atoms with van der Waals surface area (Å²) in [6.45, 7) is 11.7. The van der Waals surface area contributed by atoms with Crippen LogP contribution in [0.25, 0.3) is 0 Å². The Hall–Kier alpha value is -2.50. The fourth-order valence-corrected chi connectivity index (χ4v) is 11.3. The van der Waals surface area contributed by atoms with Gasteiger partial charge in [-0.15, -0.1) is 13.8 Å². The summed E-state index contributed by atoms with van der Waals surface area (Å²) in [4.78, 5) is 0. The summed E-state index contributed by atoms with van der Waals surface area (Å²) < 4.78 is 8.57. The minimum Gasteiger partial charge on any atom is -0.468 e. The maximum absolute atomic E-state index is 5.89. The molecule has 5 aromatic rings. The van der Waals surface area contributed by atoms with E-state index in [0.29, 0.717) is 0 Å². The number of allylic oxidation sites excluding steroid dienone is 2. The first kappa shape index (κ1) is 35.4. The normalized spacial score (nSPS) is 13.6. The van der Waals surface area contributed by atoms with E-state index in [0.717, 1.165) is 12.3 Å². The molecule has 1 aromatic heterocycles. The molecule has 1 aliphatic carbocycles. The molecule has 4 aromatic carbocycles. The van der Waals surface area contributed by atoms with Gasteiger partial charge in [-0.05, 0) is 33.4 Å². The quantitative estimate of drug-likeness (QED) is 0.0896. The maximum atomic E-state index is 5.89. The molecule has 1 heterocycles. The van der Waals surface area contributed by atoms with Gasteiger partial charge in [-0.25, -0.2) is 21.5 Å². The Kier molecular flexibility index (Phi) is 14.1. The summed E-state index contributed by atoms with van der Waals surface area (Å²) in [5.41, 5.74) is 2.94. The molecule has 232 valence electrons. The van der Waals surface area contributed by atoms with Gasteiger partial charge in [-0.2, -0.15) is 0 Å². The van der Waals surface area contributed by atoms with E-state index < -0.39 is 16.1 Å². The topological polar surface area (TPSA) is 16.4 Å². The first-order valence-electron chi connectivity index (χ1n) is 14.9. The van der Waals surface area contributed by atoms with Gasteiger partial charge >= 0.3 is 27.0 Å². The molecular formula is C39H40ClNOP2Ru. The van der Waals surface area contributed by atoms with Gasteiger partial charge in [0.2, 0.25) is 0 Å². The summed E-state index contributed by atoms with van der Waals surface area (Å²) in [6.07, 6.45) is 1.77. The van der Waals surface area contributed by atoms with Crippen LogP contribution >= 0.6 is 25.8 Å². The van der Waals surface area contributed by atoms with Crippen LogP contribution in [0, 0.1) is 17.8 Å². The first-order valence-corrected chi connectivity index (χ1v) is 19.7. The van der Waals surface area contributed by atoms with Crippen molar-refractivity contribution in [3.05, 3.63) is 174 Å². The fourth-order valence-electron chi connectivity index (χ4n) is 5.29. The summed E-state index contributed by atoms with van der Waals surface area (Å²) in [5.74, 6) is 5.38. The number of benzene rings is 4. The van der Waals surface area contributed by atoms with Crippen molar-refractivity contribution in [2.24, 2.45) is 0 Å². The summed E-state index contributed by atoms with van der Waals surface area (Å²) in [6, 6.07) is 47.7. The van der Waals surface area contributed by atoms with Gasteiger partial charge in [-0.1, -0.05) is 154 Å². The molecule has 0 atom stereocenters. The largest absolute Gasteiger partial charge is 0.468 e. The molecule has 0 bridgehead atoms. The van der Waals surface area contributed by atoms with Crippen molar-refractivity contribution in [1.82, 2.24) is 4.44 Å². The van der Waals surface area contributed by atoms with Crippen LogP contribution in [0.15, 0.2) is 155 Å². The van der Waals surface area contributed by atoms with Crippen LogP contribution < -0.4 is 21.2 Å². The maximum Gasteiger partial charge on any atom is 0.118 e. The third-order valence-electron chi connectivity index (χ3n) is 8.15. The van der Waals surface area contributed by atoms with E-state index in [1.807, 2.05) is 23.4 Å². The van der Waals surface area contributed by atoms with Gasteiger partial charge in [0.25, 0.3) is 0 Å². The third kappa shape index (κ3) is 9.07. The van der Waals surface area contributed by atoms with Crippen molar-refractivity contribution in [2.45, 2.75) is 41.2 Å². The molecule has 0 aliphatic heterocycles. The minimum absolute atomic E-state index is 0.734. The molecule has 0 N–H and O–H groups in total. The molecule has 0 fully saturated rings. The van der Waals surface area contributed by atoms with E-state index in [4.69, 9.17) is 4.42 Å². The standard InChI is InChI=1S/C29H25NOP2.C10H15.ClH.Ru/c1-5-15-26(16-6-1)32(27-17-7-2-8-18-27)30(24-25-14-13-23-31-25)33(28-19-9-3-10-20-28)29-21-11-4-12-22-29;1-6-7(2)9(4)10(5)8(6)3;;/h1-23H,24H2;1-5H3;1H;/q;-1;;+2/p-1. The van der Waals surface area contributed by atoms with Crippen LogP contribution in [-0.2, 0) is 23.9 Å². The Morgan fingerprint density at radius 2 is 0.978 bits per heavy atom. The van der Waals surface area contributed by atoms with E-state index in [1.54, 1.807) is 6.26 Å². The van der Waals surface area contributed by atoms with Crippen LogP contribution in [-0.4, -0.2) is 4.44 Å². The molecule has 6 heteroatoms. The number of nitrogens with zero attached hydrogens (tertiary/aromatic N) is 1. The zero-order chi connectivity index (χ0) is 32.2. The van der Waals surface area contributed by atoms with E-state index >= 15 is 0 Å². The predicted molar refractivity (Wildman–Crippen MR) is 193 cm³/mol. The molecule has 0 saturated carbocycles. The van der Waals surface area contributed by atoms with Crippen molar-refractivity contribution in [1.29, 1.82) is 0 Å². The average Bonchev–Trinajstić information content (AvgIpc) is 3.68. The Balaban J connectivity index is 0.000000326. The molecule has 6 rings (SSSR count). The Labute approximate surface area is 287 Å². The van der Waals surface area contributed by atoms with Crippen LogP contribution in [0.5, 0.6) is 0 Å². The zero-order valence-electron chi connectivity index (χ0n) is 26.5. The molecule has 0 saturated heterocycles. The second kappa shape index (κ2) is 18.0. The van der Waals surface area contributed by atoms with Crippen LogP contribution in [0.4, 0.5) is 0 Å². The van der Waals surface area contributed by atoms with E-state index in [1.165, 1.54) is 50.1 Å². The number of furan rings is 1. The van der Waals surface area contributed by atoms with Gasteiger partial charge in [-0.3, -0.25) is 0 Å². The smallest absolute Gasteiger partial charge is 0.118 e. The van der Waals surface area contributed by atoms with Gasteiger partial charge in [0.05, 0.1) is 12.8 Å². The first-order chi connectivity index (χ1) is 22.0. The van der Waals surface area contributed by atoms with Gasteiger partial charge < -0.3 is 4.42 Å². The Bertz CT molecular complexity index is 1390. The number of rotatable bonds is 8. The molecule has 45 heavy (non-hydrogen) atoms. The van der Waals surface area contributed by atoms with Gasteiger partial charge in [0.1, 0.15) is 5.76 Å². The summed E-state index contributed by atoms with van der Waals surface area (Å²) in [7, 11) is 2.96. The predicted octanol–water partition coefficient (Wildman–Crippen LogP) is 9.98. The van der Waals surface area contributed by atoms with E-state index in [2.05, 4.69) is 176 Å². The molecule has 0 unspecified atom stereocenters. The molecule has 0 amide bonds. The van der Waals surface area contributed by atoms with Crippen molar-refractivity contribution in [3.8, 4) is 0 Å². The van der Waals surface area contributed by atoms with Crippen molar-refractivity contribution >= 4 is 47.1 Å². The molecular weight excluding hydrogens is 697 g/mol. The molecule has 1 aliphatic rings. The molecule has 0 spiro atoms. The Morgan fingerprint density at radius 1 is 0.600 bits per heavy atom. The monoisotopic (exact) mass is 737 g/mol. The number of hydrogen-bond acceptors (Lipinski definition) is 2. The molecule has 2 radical (unpaired) electrons. The molecule has 2 nitrogen and oxygen atoms in total. The van der Waals surface area contributed by atoms with Crippen molar-refractivity contribution in [3.63, 3.8) is 0 Å². The second-order valence-corrected chi connectivity index (χ2v) is 15.3. The summed E-state index contributed by atoms with van der Waals surface area (Å²) >= 11 is 1.82. The second-order valence-electron chi connectivity index (χ2n) is 10.7. The van der Waals surface area contributed by atoms with E-state index in [9.17, 15) is 0 Å². The number of hydrogen-bond donors (Lipinski definition) is 0. The van der Waals surface area contributed by atoms with E-state index in [-0.39, 0.29) is 0 Å². The third-order valence-corrected chi connectivity index (χ3v) is 13.6. The van der Waals surface area contributed by atoms with Crippen molar-refractivity contribution in [2.75, 3.05) is 0 Å². The summed E-state index contributed by atoms with van der Waals surface area (Å²) in [5, 5.41) is 5.35.